The molecule has 0 heterocycles. The van der Waals surface area contributed by atoms with Gasteiger partial charge in [-0.2, -0.15) is 0 Å². The first-order chi connectivity index (χ1) is 5.04. The van der Waals surface area contributed by atoms with Gasteiger partial charge in [-0.05, 0) is 6.42 Å². The number of thiocarbonyl (C=S) groups is 1. The van der Waals surface area contributed by atoms with E-state index >= 15 is 0 Å². The topological polar surface area (TPSA) is 63.3 Å². The van der Waals surface area contributed by atoms with E-state index in [1.165, 1.54) is 11.8 Å². The number of aliphatic carboxylic acids is 1. The third-order valence-electron chi connectivity index (χ3n) is 0.972. The number of rotatable bonds is 4. The van der Waals surface area contributed by atoms with E-state index in [-0.39, 0.29) is 0 Å². The summed E-state index contributed by atoms with van der Waals surface area (Å²) in [6.07, 6.45) is 0.417. The third-order valence-corrected chi connectivity index (χ3v) is 2.40. The van der Waals surface area contributed by atoms with Gasteiger partial charge in [0.05, 0.1) is 0 Å². The molecule has 0 spiro atoms. The van der Waals surface area contributed by atoms with Crippen molar-refractivity contribution < 1.29 is 9.90 Å². The Hall–Kier alpha value is 0.220. The zero-order chi connectivity index (χ0) is 8.85. The standard InChI is InChI=1S/C5H9NO2S3/c6-3(4(7)8)1-2-11-5(9)10/h3H,1-2,6H2,(H,7,8)(H,9,10). The van der Waals surface area contributed by atoms with E-state index in [9.17, 15) is 4.79 Å². The highest BCUT2D eigenvalue weighted by Gasteiger charge is 2.10. The van der Waals surface area contributed by atoms with Crippen molar-refractivity contribution in [1.82, 2.24) is 0 Å². The lowest BCUT2D eigenvalue weighted by Gasteiger charge is -2.03. The highest BCUT2D eigenvalue weighted by Crippen LogP contribution is 2.09. The number of hydrogen-bond acceptors (Lipinski definition) is 4. The van der Waals surface area contributed by atoms with Gasteiger partial charge in [0.1, 0.15) is 9.57 Å². The minimum Gasteiger partial charge on any atom is -0.480 e. The van der Waals surface area contributed by atoms with Crippen LogP contribution in [0.5, 0.6) is 0 Å². The van der Waals surface area contributed by atoms with E-state index in [1.54, 1.807) is 0 Å². The van der Waals surface area contributed by atoms with E-state index in [2.05, 4.69) is 24.8 Å². The second-order valence-electron chi connectivity index (χ2n) is 1.85. The minimum absolute atomic E-state index is 0.417. The van der Waals surface area contributed by atoms with Gasteiger partial charge in [-0.15, -0.1) is 24.4 Å². The van der Waals surface area contributed by atoms with Crippen molar-refractivity contribution >= 4 is 46.1 Å². The first-order valence-electron chi connectivity index (χ1n) is 2.88. The van der Waals surface area contributed by atoms with E-state index in [0.29, 0.717) is 15.7 Å². The fourth-order valence-electron chi connectivity index (χ4n) is 0.397. The molecule has 0 fully saturated rings. The van der Waals surface area contributed by atoms with Crippen molar-refractivity contribution in [2.75, 3.05) is 5.75 Å². The summed E-state index contributed by atoms with van der Waals surface area (Å²) in [6, 6.07) is -0.787. The van der Waals surface area contributed by atoms with Crippen molar-refractivity contribution in [3.63, 3.8) is 0 Å². The van der Waals surface area contributed by atoms with E-state index in [4.69, 9.17) is 10.8 Å². The molecule has 1 unspecified atom stereocenters. The van der Waals surface area contributed by atoms with Crippen LogP contribution in [0.25, 0.3) is 0 Å². The number of thiol groups is 1. The van der Waals surface area contributed by atoms with Gasteiger partial charge < -0.3 is 10.8 Å². The number of carboxylic acid groups (broad SMARTS) is 1. The second-order valence-corrected chi connectivity index (χ2v) is 4.67. The lowest BCUT2D eigenvalue weighted by atomic mass is 10.2. The molecule has 64 valence electrons. The largest absolute Gasteiger partial charge is 0.480 e. The summed E-state index contributed by atoms with van der Waals surface area (Å²) in [5, 5.41) is 8.36. The Balaban J connectivity index is 3.39. The molecule has 0 aromatic rings. The highest BCUT2D eigenvalue weighted by molar-refractivity contribution is 8.41. The molecule has 3 N–H and O–H groups in total. The summed E-state index contributed by atoms with van der Waals surface area (Å²) < 4.78 is 0.516. The van der Waals surface area contributed by atoms with Crippen LogP contribution in [0.4, 0.5) is 0 Å². The SMILES string of the molecule is NC(CCSC(=S)S)C(=O)O. The Morgan fingerprint density at radius 1 is 1.82 bits per heavy atom. The third kappa shape index (κ3) is 6.61. The smallest absolute Gasteiger partial charge is 0.320 e. The molecule has 0 radical (unpaired) electrons. The summed E-state index contributed by atoms with van der Waals surface area (Å²) in [4.78, 5) is 10.2. The zero-order valence-corrected chi connectivity index (χ0v) is 8.22. The average Bonchev–Trinajstić information content (AvgIpc) is 1.86. The van der Waals surface area contributed by atoms with Crippen molar-refractivity contribution in [2.45, 2.75) is 12.5 Å². The van der Waals surface area contributed by atoms with Crippen LogP contribution in [-0.4, -0.2) is 26.4 Å². The number of thioether (sulfide) groups is 1. The Kier molecular flexibility index (Phi) is 5.93. The lowest BCUT2D eigenvalue weighted by molar-refractivity contribution is -0.138. The second kappa shape index (κ2) is 5.82. The molecular formula is C5H9NO2S3. The summed E-state index contributed by atoms with van der Waals surface area (Å²) >= 11 is 9.84. The maximum atomic E-state index is 10.2. The van der Waals surface area contributed by atoms with Gasteiger partial charge in [0.2, 0.25) is 0 Å². The van der Waals surface area contributed by atoms with Crippen molar-refractivity contribution in [2.24, 2.45) is 5.73 Å². The van der Waals surface area contributed by atoms with Crippen LogP contribution in [0, 0.1) is 0 Å². The van der Waals surface area contributed by atoms with Crippen molar-refractivity contribution in [1.29, 1.82) is 0 Å². The lowest BCUT2D eigenvalue weighted by Crippen LogP contribution is -2.30. The van der Waals surface area contributed by atoms with Gasteiger partial charge in [-0.25, -0.2) is 0 Å². The molecule has 0 bridgehead atoms. The molecule has 0 rings (SSSR count). The molecule has 0 aliphatic carbocycles. The predicted octanol–water partition coefficient (Wildman–Crippen LogP) is 0.736. The fourth-order valence-corrected chi connectivity index (χ4v) is 1.47. The quantitative estimate of drug-likeness (QED) is 0.473. The Morgan fingerprint density at radius 3 is 2.73 bits per heavy atom. The first-order valence-corrected chi connectivity index (χ1v) is 4.72. The number of carboxylic acids is 1. The summed E-state index contributed by atoms with van der Waals surface area (Å²) in [6.45, 7) is 0. The minimum atomic E-state index is -0.976. The van der Waals surface area contributed by atoms with Crippen LogP contribution in [-0.2, 0) is 4.79 Å². The fraction of sp³-hybridized carbons (Fsp3) is 0.600. The van der Waals surface area contributed by atoms with E-state index < -0.39 is 12.0 Å². The van der Waals surface area contributed by atoms with E-state index in [1.807, 2.05) is 0 Å². The van der Waals surface area contributed by atoms with Crippen LogP contribution in [0.2, 0.25) is 0 Å². The Labute approximate surface area is 80.1 Å². The van der Waals surface area contributed by atoms with Gasteiger partial charge in [0.15, 0.2) is 0 Å². The van der Waals surface area contributed by atoms with Gasteiger partial charge >= 0.3 is 5.97 Å². The molecule has 11 heavy (non-hydrogen) atoms. The first kappa shape index (κ1) is 11.2. The van der Waals surface area contributed by atoms with Crippen molar-refractivity contribution in [3.8, 4) is 0 Å². The van der Waals surface area contributed by atoms with Gasteiger partial charge in [0.25, 0.3) is 0 Å². The molecular weight excluding hydrogens is 202 g/mol. The molecule has 0 aromatic carbocycles. The maximum absolute atomic E-state index is 10.2. The zero-order valence-electron chi connectivity index (χ0n) is 5.69. The van der Waals surface area contributed by atoms with Crippen LogP contribution in [0.1, 0.15) is 6.42 Å². The average molecular weight is 211 g/mol. The number of hydrogen-bond donors (Lipinski definition) is 3. The molecule has 0 amide bonds. The predicted molar refractivity (Wildman–Crippen MR) is 54.3 cm³/mol. The van der Waals surface area contributed by atoms with Gasteiger partial charge in [-0.1, -0.05) is 12.2 Å². The molecule has 0 aromatic heterocycles. The molecule has 0 aliphatic heterocycles. The molecule has 0 saturated carbocycles. The van der Waals surface area contributed by atoms with E-state index in [0.717, 1.165) is 0 Å². The Morgan fingerprint density at radius 2 is 2.36 bits per heavy atom. The van der Waals surface area contributed by atoms with Crippen LogP contribution in [0.15, 0.2) is 0 Å². The number of carbonyl (C=O) groups is 1. The summed E-state index contributed by atoms with van der Waals surface area (Å²) in [5.41, 5.74) is 5.22. The van der Waals surface area contributed by atoms with Gasteiger partial charge in [-0.3, -0.25) is 4.79 Å². The Bertz CT molecular complexity index is 162. The normalized spacial score (nSPS) is 12.5. The molecule has 0 aliphatic rings. The summed E-state index contributed by atoms with van der Waals surface area (Å²) in [5.74, 6) is -0.369. The molecule has 0 saturated heterocycles. The van der Waals surface area contributed by atoms with Crippen LogP contribution < -0.4 is 5.73 Å². The van der Waals surface area contributed by atoms with Gasteiger partial charge in [0, 0.05) is 5.75 Å². The molecule has 3 nitrogen and oxygen atoms in total. The summed E-state index contributed by atoms with van der Waals surface area (Å²) in [7, 11) is 0. The number of nitrogens with two attached hydrogens (primary N) is 1. The van der Waals surface area contributed by atoms with Crippen molar-refractivity contribution in [3.05, 3.63) is 0 Å². The maximum Gasteiger partial charge on any atom is 0.320 e. The molecule has 6 heteroatoms. The monoisotopic (exact) mass is 211 g/mol. The highest BCUT2D eigenvalue weighted by atomic mass is 32.2. The molecule has 1 atom stereocenters. The van der Waals surface area contributed by atoms with Crippen LogP contribution in [0.3, 0.4) is 0 Å². The van der Waals surface area contributed by atoms with Crippen LogP contribution >= 0.6 is 36.6 Å².